The van der Waals surface area contributed by atoms with Crippen molar-refractivity contribution < 1.29 is 19.1 Å². The van der Waals surface area contributed by atoms with Gasteiger partial charge in [-0.05, 0) is 12.5 Å². The Bertz CT molecular complexity index is 284. The van der Waals surface area contributed by atoms with Gasteiger partial charge >= 0.3 is 7.60 Å². The molecule has 15 heavy (non-hydrogen) atoms. The van der Waals surface area contributed by atoms with E-state index in [1.165, 1.54) is 6.08 Å². The van der Waals surface area contributed by atoms with Crippen molar-refractivity contribution in [1.29, 1.82) is 0 Å². The first-order chi connectivity index (χ1) is 6.87. The summed E-state index contributed by atoms with van der Waals surface area (Å²) in [6.07, 6.45) is 1.73. The third kappa shape index (κ3) is 6.04. The first-order valence-electron chi connectivity index (χ1n) is 4.43. The molecule has 2 radical (unpaired) electrons. The second-order valence-electron chi connectivity index (χ2n) is 3.30. The van der Waals surface area contributed by atoms with E-state index in [2.05, 4.69) is 22.9 Å². The number of hydrogen-bond acceptors (Lipinski definition) is 3. The number of nitrogens with zero attached hydrogens (tertiary/aromatic N) is 1. The van der Waals surface area contributed by atoms with Crippen LogP contribution in [-0.2, 0) is 9.30 Å². The van der Waals surface area contributed by atoms with E-state index >= 15 is 0 Å². The molecule has 0 spiro atoms. The third-order valence-electron chi connectivity index (χ3n) is 1.88. The summed E-state index contributed by atoms with van der Waals surface area (Å²) in [5.41, 5.74) is 0. The van der Waals surface area contributed by atoms with Crippen LogP contribution in [0.5, 0.6) is 0 Å². The summed E-state index contributed by atoms with van der Waals surface area (Å²) in [6, 6.07) is -0.421. The second-order valence-corrected chi connectivity index (χ2v) is 6.14. The van der Waals surface area contributed by atoms with E-state index < -0.39 is 13.6 Å². The summed E-state index contributed by atoms with van der Waals surface area (Å²) in [5, 5.41) is 0. The first-order valence-corrected chi connectivity index (χ1v) is 7.08. The van der Waals surface area contributed by atoms with Crippen molar-refractivity contribution in [3.8, 4) is 0 Å². The maximum absolute atomic E-state index is 10.6. The highest BCUT2D eigenvalue weighted by Crippen LogP contribution is 2.36. The Morgan fingerprint density at radius 3 is 2.87 bits per heavy atom. The van der Waals surface area contributed by atoms with Crippen LogP contribution in [0.2, 0.25) is 0 Å². The monoisotopic (exact) mass is 343 g/mol. The Hall–Kier alpha value is 0.605. The van der Waals surface area contributed by atoms with E-state index in [-0.39, 0.29) is 6.10 Å². The molecule has 0 aromatic carbocycles. The van der Waals surface area contributed by atoms with Crippen molar-refractivity contribution in [3.05, 3.63) is 11.9 Å². The molecule has 2 atom stereocenters. The Morgan fingerprint density at radius 2 is 2.27 bits per heavy atom. The van der Waals surface area contributed by atoms with Crippen molar-refractivity contribution in [1.82, 2.24) is 3.11 Å². The van der Waals surface area contributed by atoms with Gasteiger partial charge in [0.05, 0.1) is 6.10 Å². The van der Waals surface area contributed by atoms with E-state index in [0.29, 0.717) is 13.0 Å². The standard InChI is InChI=1S/C7H12BINO4P/c8-7-5-10(9)3-1-6(14-7)2-4-15(11,12)13/h2,4,6-7H,1,3,5H2,(H2,11,12,13)/b4-2+. The number of hydrogen-bond donors (Lipinski definition) is 2. The highest BCUT2D eigenvalue weighted by Gasteiger charge is 2.19. The van der Waals surface area contributed by atoms with Crippen molar-refractivity contribution in [2.24, 2.45) is 0 Å². The summed E-state index contributed by atoms with van der Waals surface area (Å²) in [7, 11) is 1.56. The molecule has 1 heterocycles. The molecule has 2 N–H and O–H groups in total. The molecule has 1 fully saturated rings. The summed E-state index contributed by atoms with van der Waals surface area (Å²) in [4.78, 5) is 17.3. The average molecular weight is 343 g/mol. The largest absolute Gasteiger partial charge is 0.379 e. The fourth-order valence-electron chi connectivity index (χ4n) is 1.24. The van der Waals surface area contributed by atoms with Crippen LogP contribution in [0.25, 0.3) is 0 Å². The van der Waals surface area contributed by atoms with Crippen LogP contribution < -0.4 is 0 Å². The minimum Gasteiger partial charge on any atom is -0.379 e. The zero-order chi connectivity index (χ0) is 11.5. The number of halogens is 1. The molecule has 0 aromatic rings. The molecule has 0 aliphatic carbocycles. The summed E-state index contributed by atoms with van der Waals surface area (Å²) < 4.78 is 18.0. The van der Waals surface area contributed by atoms with Crippen LogP contribution in [0.1, 0.15) is 6.42 Å². The van der Waals surface area contributed by atoms with Crippen molar-refractivity contribution in [2.45, 2.75) is 18.5 Å². The third-order valence-corrected chi connectivity index (χ3v) is 3.32. The van der Waals surface area contributed by atoms with Crippen molar-refractivity contribution in [3.63, 3.8) is 0 Å². The fourth-order valence-corrected chi connectivity index (χ4v) is 2.32. The van der Waals surface area contributed by atoms with Gasteiger partial charge in [0.1, 0.15) is 7.85 Å². The lowest BCUT2D eigenvalue weighted by atomic mass is 10.0. The van der Waals surface area contributed by atoms with E-state index in [1.807, 2.05) is 3.11 Å². The van der Waals surface area contributed by atoms with Crippen molar-refractivity contribution in [2.75, 3.05) is 13.1 Å². The van der Waals surface area contributed by atoms with Gasteiger partial charge in [-0.15, -0.1) is 0 Å². The van der Waals surface area contributed by atoms with Gasteiger partial charge in [0.2, 0.25) is 0 Å². The first kappa shape index (κ1) is 13.7. The highest BCUT2D eigenvalue weighted by molar-refractivity contribution is 14.1. The maximum atomic E-state index is 10.6. The quantitative estimate of drug-likeness (QED) is 0.333. The van der Waals surface area contributed by atoms with E-state index in [1.54, 1.807) is 0 Å². The molecule has 0 aromatic heterocycles. The SMILES string of the molecule is [B]C1CN(I)CCC(/C=C/P(=O)(O)O)O1. The molecule has 0 amide bonds. The predicted molar refractivity (Wildman–Crippen MR) is 65.8 cm³/mol. The highest BCUT2D eigenvalue weighted by atomic mass is 127. The normalized spacial score (nSPS) is 30.6. The molecule has 84 valence electrons. The zero-order valence-electron chi connectivity index (χ0n) is 7.99. The molecular weight excluding hydrogens is 331 g/mol. The van der Waals surface area contributed by atoms with E-state index in [4.69, 9.17) is 22.4 Å². The van der Waals surface area contributed by atoms with Gasteiger partial charge in [-0.2, -0.15) is 0 Å². The number of ether oxygens (including phenoxy) is 1. The van der Waals surface area contributed by atoms with Gasteiger partial charge < -0.3 is 14.5 Å². The summed E-state index contributed by atoms with van der Waals surface area (Å²) in [6.45, 7) is 1.39. The lowest BCUT2D eigenvalue weighted by Gasteiger charge is -2.15. The minimum absolute atomic E-state index is 0.326. The Labute approximate surface area is 104 Å². The molecular formula is C7H12BINO4P. The van der Waals surface area contributed by atoms with Gasteiger partial charge in [0, 0.05) is 47.8 Å². The molecule has 1 rings (SSSR count). The average Bonchev–Trinajstić information content (AvgIpc) is 2.22. The zero-order valence-corrected chi connectivity index (χ0v) is 11.0. The van der Waals surface area contributed by atoms with Gasteiger partial charge in [0.25, 0.3) is 0 Å². The summed E-state index contributed by atoms with van der Waals surface area (Å²) in [5.74, 6) is 0.868. The summed E-state index contributed by atoms with van der Waals surface area (Å²) >= 11 is 2.15. The van der Waals surface area contributed by atoms with Crippen LogP contribution in [-0.4, -0.2) is 45.9 Å². The second kappa shape index (κ2) is 5.79. The van der Waals surface area contributed by atoms with Crippen LogP contribution >= 0.6 is 30.5 Å². The Kier molecular flexibility index (Phi) is 5.28. The maximum Gasteiger partial charge on any atom is 0.348 e. The van der Waals surface area contributed by atoms with Crippen LogP contribution in [0.3, 0.4) is 0 Å². The molecule has 1 aliphatic rings. The van der Waals surface area contributed by atoms with Gasteiger partial charge in [-0.1, -0.05) is 0 Å². The van der Waals surface area contributed by atoms with Crippen LogP contribution in [0.15, 0.2) is 11.9 Å². The smallest absolute Gasteiger partial charge is 0.348 e. The van der Waals surface area contributed by atoms with Gasteiger partial charge in [-0.3, -0.25) is 4.57 Å². The van der Waals surface area contributed by atoms with Crippen LogP contribution in [0.4, 0.5) is 0 Å². The lowest BCUT2D eigenvalue weighted by Crippen LogP contribution is -2.25. The fraction of sp³-hybridized carbons (Fsp3) is 0.714. The Morgan fingerprint density at radius 1 is 1.60 bits per heavy atom. The lowest BCUT2D eigenvalue weighted by molar-refractivity contribution is 0.0704. The molecule has 0 saturated carbocycles. The van der Waals surface area contributed by atoms with E-state index in [0.717, 1.165) is 12.4 Å². The number of rotatable bonds is 2. The molecule has 1 aliphatic heterocycles. The molecule has 8 heteroatoms. The molecule has 2 unspecified atom stereocenters. The minimum atomic E-state index is -4.10. The van der Waals surface area contributed by atoms with E-state index in [9.17, 15) is 4.57 Å². The molecule has 0 bridgehead atoms. The molecule has 1 saturated heterocycles. The van der Waals surface area contributed by atoms with Gasteiger partial charge in [0.15, 0.2) is 0 Å². The van der Waals surface area contributed by atoms with Gasteiger partial charge in [-0.25, -0.2) is 3.11 Å². The molecule has 5 nitrogen and oxygen atoms in total. The van der Waals surface area contributed by atoms with Crippen molar-refractivity contribution >= 4 is 38.3 Å². The Balaban J connectivity index is 2.55. The topological polar surface area (TPSA) is 70.0 Å². The van der Waals surface area contributed by atoms with Crippen LogP contribution in [0, 0.1) is 0 Å². The predicted octanol–water partition coefficient (Wildman–Crippen LogP) is 0.613.